The van der Waals surface area contributed by atoms with E-state index in [1.807, 2.05) is 68.4 Å². The molecule has 1 fully saturated rings. The van der Waals surface area contributed by atoms with Crippen molar-refractivity contribution in [2.45, 2.75) is 45.2 Å². The lowest BCUT2D eigenvalue weighted by atomic mass is 9.89. The summed E-state index contributed by atoms with van der Waals surface area (Å²) in [7, 11) is 0. The van der Waals surface area contributed by atoms with Crippen molar-refractivity contribution in [2.75, 3.05) is 13.1 Å². The summed E-state index contributed by atoms with van der Waals surface area (Å²) in [5.74, 6) is 1.24. The highest BCUT2D eigenvalue weighted by molar-refractivity contribution is 5.95. The van der Waals surface area contributed by atoms with Crippen LogP contribution in [0.4, 0.5) is 0 Å². The molecule has 2 aromatic heterocycles. The van der Waals surface area contributed by atoms with Crippen LogP contribution in [0.2, 0.25) is 0 Å². The molecule has 0 bridgehead atoms. The first-order chi connectivity index (χ1) is 14.6. The van der Waals surface area contributed by atoms with E-state index in [1.165, 1.54) is 0 Å². The second-order valence-corrected chi connectivity index (χ2v) is 8.12. The number of likely N-dealkylation sites (tertiary alicyclic amines) is 1. The number of piperidine rings is 1. The molecule has 5 heteroatoms. The minimum atomic E-state index is -0.0528. The predicted octanol–water partition coefficient (Wildman–Crippen LogP) is 4.85. The Morgan fingerprint density at radius 3 is 2.60 bits per heavy atom. The number of nitrogens with zero attached hydrogens (tertiary/aromatic N) is 2. The van der Waals surface area contributed by atoms with Crippen LogP contribution in [0.3, 0.4) is 0 Å². The van der Waals surface area contributed by atoms with Crippen molar-refractivity contribution in [2.24, 2.45) is 0 Å². The molecule has 0 spiro atoms. The van der Waals surface area contributed by atoms with Crippen LogP contribution in [-0.4, -0.2) is 28.9 Å². The molecule has 1 aromatic carbocycles. The number of aromatic nitrogens is 1. The Bertz CT molecular complexity index is 961. The first-order valence-corrected chi connectivity index (χ1v) is 10.7. The average Bonchev–Trinajstić information content (AvgIpc) is 3.28. The molecule has 1 N–H and O–H groups in total. The second-order valence-electron chi connectivity index (χ2n) is 8.12. The lowest BCUT2D eigenvalue weighted by Gasteiger charge is -2.32. The highest BCUT2D eigenvalue weighted by Gasteiger charge is 2.26. The molecule has 3 aromatic rings. The van der Waals surface area contributed by atoms with E-state index in [2.05, 4.69) is 10.2 Å². The zero-order chi connectivity index (χ0) is 20.9. The molecule has 1 saturated heterocycles. The van der Waals surface area contributed by atoms with Crippen molar-refractivity contribution >= 4 is 5.91 Å². The number of pyridine rings is 1. The third kappa shape index (κ3) is 4.79. The van der Waals surface area contributed by atoms with Crippen molar-refractivity contribution in [3.63, 3.8) is 0 Å². The Balaban J connectivity index is 1.45. The van der Waals surface area contributed by atoms with Crippen LogP contribution < -0.4 is 5.32 Å². The number of aryl methyl sites for hydroxylation is 1. The van der Waals surface area contributed by atoms with Gasteiger partial charge in [0.15, 0.2) is 0 Å². The Labute approximate surface area is 178 Å². The first-order valence-electron chi connectivity index (χ1n) is 10.7. The number of carbonyl (C=O) groups excluding carboxylic acids is 1. The zero-order valence-corrected chi connectivity index (χ0v) is 17.7. The summed E-state index contributed by atoms with van der Waals surface area (Å²) in [6, 6.07) is 17.8. The topological polar surface area (TPSA) is 58.4 Å². The van der Waals surface area contributed by atoms with Gasteiger partial charge in [0.2, 0.25) is 0 Å². The molecule has 4 rings (SSSR count). The molecule has 1 unspecified atom stereocenters. The maximum Gasteiger partial charge on any atom is 0.253 e. The largest absolute Gasteiger partial charge is 0.468 e. The average molecular weight is 404 g/mol. The quantitative estimate of drug-likeness (QED) is 0.639. The van der Waals surface area contributed by atoms with E-state index < -0.39 is 0 Å². The van der Waals surface area contributed by atoms with Crippen molar-refractivity contribution in [1.82, 2.24) is 15.2 Å². The number of amides is 1. The fourth-order valence-electron chi connectivity index (χ4n) is 4.17. The van der Waals surface area contributed by atoms with E-state index >= 15 is 0 Å². The molecule has 0 aliphatic carbocycles. The van der Waals surface area contributed by atoms with Crippen LogP contribution in [0.1, 0.15) is 64.8 Å². The number of rotatable bonds is 6. The molecule has 30 heavy (non-hydrogen) atoms. The van der Waals surface area contributed by atoms with Crippen LogP contribution in [0.15, 0.2) is 65.3 Å². The van der Waals surface area contributed by atoms with E-state index in [1.54, 1.807) is 6.26 Å². The van der Waals surface area contributed by atoms with Gasteiger partial charge in [0.1, 0.15) is 5.76 Å². The smallest absolute Gasteiger partial charge is 0.253 e. The number of furan rings is 1. The first kappa shape index (κ1) is 20.4. The van der Waals surface area contributed by atoms with Gasteiger partial charge < -0.3 is 9.73 Å². The van der Waals surface area contributed by atoms with Gasteiger partial charge in [-0.25, -0.2) is 0 Å². The predicted molar refractivity (Wildman–Crippen MR) is 117 cm³/mol. The standard InChI is InChI=1S/C25H29N3O2/c1-18-10-11-23(25(29)27-19(2)20-7-4-3-5-8-20)24(26-18)21-12-14-28(15-13-21)17-22-9-6-16-30-22/h3-11,16,19,21H,12-15,17H2,1-2H3,(H,27,29). The maximum absolute atomic E-state index is 13.1. The highest BCUT2D eigenvalue weighted by atomic mass is 16.3. The highest BCUT2D eigenvalue weighted by Crippen LogP contribution is 2.30. The molecule has 0 radical (unpaired) electrons. The van der Waals surface area contributed by atoms with Gasteiger partial charge in [-0.1, -0.05) is 30.3 Å². The van der Waals surface area contributed by atoms with E-state index in [0.29, 0.717) is 11.5 Å². The van der Waals surface area contributed by atoms with Gasteiger partial charge in [-0.2, -0.15) is 0 Å². The van der Waals surface area contributed by atoms with Crippen molar-refractivity contribution in [3.05, 3.63) is 89.1 Å². The number of benzene rings is 1. The van der Waals surface area contributed by atoms with Crippen LogP contribution in [-0.2, 0) is 6.54 Å². The Hall–Kier alpha value is -2.92. The van der Waals surface area contributed by atoms with Crippen molar-refractivity contribution in [1.29, 1.82) is 0 Å². The molecule has 1 aliphatic rings. The van der Waals surface area contributed by atoms with E-state index in [9.17, 15) is 4.79 Å². The molecule has 1 aliphatic heterocycles. The molecule has 0 saturated carbocycles. The Morgan fingerprint density at radius 1 is 1.13 bits per heavy atom. The molecule has 156 valence electrons. The Kier molecular flexibility index (Phi) is 6.29. The van der Waals surface area contributed by atoms with E-state index in [4.69, 9.17) is 9.40 Å². The number of hydrogen-bond donors (Lipinski definition) is 1. The summed E-state index contributed by atoms with van der Waals surface area (Å²) in [6.45, 7) is 6.79. The minimum absolute atomic E-state index is 0.0492. The van der Waals surface area contributed by atoms with Crippen molar-refractivity contribution < 1.29 is 9.21 Å². The van der Waals surface area contributed by atoms with Crippen molar-refractivity contribution in [3.8, 4) is 0 Å². The molecule has 3 heterocycles. The summed E-state index contributed by atoms with van der Waals surface area (Å²) in [6.07, 6.45) is 3.71. The van der Waals surface area contributed by atoms with Crippen LogP contribution in [0.25, 0.3) is 0 Å². The number of hydrogen-bond acceptors (Lipinski definition) is 4. The lowest BCUT2D eigenvalue weighted by molar-refractivity contribution is 0.0936. The summed E-state index contributed by atoms with van der Waals surface area (Å²) in [5, 5.41) is 3.15. The van der Waals surface area contributed by atoms with Gasteiger partial charge in [-0.15, -0.1) is 0 Å². The third-order valence-corrected chi connectivity index (χ3v) is 5.89. The van der Waals surface area contributed by atoms with E-state index in [0.717, 1.165) is 55.2 Å². The fourth-order valence-corrected chi connectivity index (χ4v) is 4.17. The second kappa shape index (κ2) is 9.26. The van der Waals surface area contributed by atoms with Crippen LogP contribution in [0, 0.1) is 6.92 Å². The molecule has 1 amide bonds. The SMILES string of the molecule is Cc1ccc(C(=O)NC(C)c2ccccc2)c(C2CCN(Cc3ccco3)CC2)n1. The molecule has 5 nitrogen and oxygen atoms in total. The normalized spacial score (nSPS) is 16.3. The summed E-state index contributed by atoms with van der Waals surface area (Å²) in [4.78, 5) is 20.3. The van der Waals surface area contributed by atoms with E-state index in [-0.39, 0.29) is 11.9 Å². The van der Waals surface area contributed by atoms with Crippen LogP contribution >= 0.6 is 0 Å². The maximum atomic E-state index is 13.1. The van der Waals surface area contributed by atoms with Gasteiger partial charge >= 0.3 is 0 Å². The van der Waals surface area contributed by atoms with Gasteiger partial charge in [0, 0.05) is 11.6 Å². The summed E-state index contributed by atoms with van der Waals surface area (Å²) in [5.41, 5.74) is 3.69. The van der Waals surface area contributed by atoms with Gasteiger partial charge in [-0.05, 0) is 69.6 Å². The number of carbonyl (C=O) groups is 1. The van der Waals surface area contributed by atoms with Gasteiger partial charge in [0.05, 0.1) is 30.1 Å². The monoisotopic (exact) mass is 403 g/mol. The zero-order valence-electron chi connectivity index (χ0n) is 17.7. The lowest BCUT2D eigenvalue weighted by Crippen LogP contribution is -2.34. The van der Waals surface area contributed by atoms with Gasteiger partial charge in [0.25, 0.3) is 5.91 Å². The fraction of sp³-hybridized carbons (Fsp3) is 0.360. The number of nitrogens with one attached hydrogen (secondary N) is 1. The Morgan fingerprint density at radius 2 is 1.90 bits per heavy atom. The molecular weight excluding hydrogens is 374 g/mol. The molecule has 1 atom stereocenters. The third-order valence-electron chi connectivity index (χ3n) is 5.89. The van der Waals surface area contributed by atoms with Gasteiger partial charge in [-0.3, -0.25) is 14.7 Å². The summed E-state index contributed by atoms with van der Waals surface area (Å²) >= 11 is 0. The summed E-state index contributed by atoms with van der Waals surface area (Å²) < 4.78 is 5.48. The van der Waals surface area contributed by atoms with Crippen LogP contribution in [0.5, 0.6) is 0 Å². The molecular formula is C25H29N3O2. The minimum Gasteiger partial charge on any atom is -0.468 e.